The SMILES string of the molecule is CC(C(=O)Nc1ccc2c(c1)OCCO2)N1CCN(S(=O)(=O)c2cccnc2)CC1. The van der Waals surface area contributed by atoms with E-state index < -0.39 is 16.1 Å². The van der Waals surface area contributed by atoms with Crippen LogP contribution >= 0.6 is 0 Å². The van der Waals surface area contributed by atoms with Crippen LogP contribution in [0.25, 0.3) is 0 Å². The van der Waals surface area contributed by atoms with Crippen molar-refractivity contribution < 1.29 is 22.7 Å². The lowest BCUT2D eigenvalue weighted by molar-refractivity contribution is -0.121. The molecule has 0 aliphatic carbocycles. The van der Waals surface area contributed by atoms with E-state index in [4.69, 9.17) is 9.47 Å². The average molecular weight is 433 g/mol. The van der Waals surface area contributed by atoms with Gasteiger partial charge in [0.25, 0.3) is 0 Å². The first-order valence-electron chi connectivity index (χ1n) is 9.80. The van der Waals surface area contributed by atoms with Gasteiger partial charge < -0.3 is 14.8 Å². The van der Waals surface area contributed by atoms with Crippen LogP contribution in [0.2, 0.25) is 0 Å². The smallest absolute Gasteiger partial charge is 0.244 e. The Balaban J connectivity index is 1.35. The molecule has 1 amide bonds. The van der Waals surface area contributed by atoms with E-state index >= 15 is 0 Å². The molecule has 1 aromatic heterocycles. The second kappa shape index (κ2) is 8.58. The van der Waals surface area contributed by atoms with Crippen molar-refractivity contribution in [1.29, 1.82) is 0 Å². The maximum Gasteiger partial charge on any atom is 0.244 e. The van der Waals surface area contributed by atoms with Crippen molar-refractivity contribution in [2.75, 3.05) is 44.7 Å². The summed E-state index contributed by atoms with van der Waals surface area (Å²) in [4.78, 5) is 18.8. The van der Waals surface area contributed by atoms with Gasteiger partial charge in [0.05, 0.1) is 6.04 Å². The molecule has 2 aromatic rings. The highest BCUT2D eigenvalue weighted by molar-refractivity contribution is 7.89. The first-order valence-corrected chi connectivity index (χ1v) is 11.2. The number of fused-ring (bicyclic) bond motifs is 1. The zero-order valence-electron chi connectivity index (χ0n) is 16.7. The summed E-state index contributed by atoms with van der Waals surface area (Å²) in [5.74, 6) is 1.12. The molecule has 0 bridgehead atoms. The van der Waals surface area contributed by atoms with Crippen molar-refractivity contribution in [1.82, 2.24) is 14.2 Å². The minimum atomic E-state index is -3.57. The zero-order chi connectivity index (χ0) is 21.1. The predicted molar refractivity (Wildman–Crippen MR) is 110 cm³/mol. The molecule has 0 saturated carbocycles. The van der Waals surface area contributed by atoms with Crippen LogP contribution in [0.4, 0.5) is 5.69 Å². The molecule has 2 aliphatic rings. The third-order valence-corrected chi connectivity index (χ3v) is 7.16. The molecule has 1 fully saturated rings. The molecule has 9 nitrogen and oxygen atoms in total. The summed E-state index contributed by atoms with van der Waals surface area (Å²) in [6.07, 6.45) is 2.89. The van der Waals surface area contributed by atoms with E-state index in [1.54, 1.807) is 30.5 Å². The number of hydrogen-bond donors (Lipinski definition) is 1. The maximum atomic E-state index is 12.7. The summed E-state index contributed by atoms with van der Waals surface area (Å²) in [6, 6.07) is 8.04. The summed E-state index contributed by atoms with van der Waals surface area (Å²) < 4.78 is 37.9. The third kappa shape index (κ3) is 4.25. The molecule has 4 rings (SSSR count). The average Bonchev–Trinajstić information content (AvgIpc) is 2.79. The van der Waals surface area contributed by atoms with Crippen LogP contribution in [0.5, 0.6) is 11.5 Å². The quantitative estimate of drug-likeness (QED) is 0.757. The van der Waals surface area contributed by atoms with Gasteiger partial charge in [-0.15, -0.1) is 0 Å². The Kier molecular flexibility index (Phi) is 5.89. The number of anilines is 1. The number of carbonyl (C=O) groups is 1. The molecule has 10 heteroatoms. The Morgan fingerprint density at radius 3 is 2.53 bits per heavy atom. The van der Waals surface area contributed by atoms with E-state index in [2.05, 4.69) is 10.3 Å². The van der Waals surface area contributed by atoms with Crippen molar-refractivity contribution in [2.24, 2.45) is 0 Å². The number of pyridine rings is 1. The predicted octanol–water partition coefficient (Wildman–Crippen LogP) is 1.19. The molecule has 1 N–H and O–H groups in total. The van der Waals surface area contributed by atoms with Crippen molar-refractivity contribution in [3.8, 4) is 11.5 Å². The number of nitrogens with zero attached hydrogens (tertiary/aromatic N) is 3. The van der Waals surface area contributed by atoms with Crippen molar-refractivity contribution in [3.63, 3.8) is 0 Å². The van der Waals surface area contributed by atoms with Gasteiger partial charge in [-0.1, -0.05) is 0 Å². The van der Waals surface area contributed by atoms with Crippen molar-refractivity contribution in [2.45, 2.75) is 17.9 Å². The lowest BCUT2D eigenvalue weighted by atomic mass is 10.2. The molecule has 1 aromatic carbocycles. The number of sulfonamides is 1. The number of amides is 1. The molecular weight excluding hydrogens is 408 g/mol. The van der Waals surface area contributed by atoms with E-state index in [0.29, 0.717) is 56.6 Å². The Hall–Kier alpha value is -2.69. The van der Waals surface area contributed by atoms with E-state index in [1.165, 1.54) is 16.6 Å². The van der Waals surface area contributed by atoms with Crippen LogP contribution < -0.4 is 14.8 Å². The van der Waals surface area contributed by atoms with Gasteiger partial charge in [0, 0.05) is 50.3 Å². The molecule has 1 atom stereocenters. The second-order valence-electron chi connectivity index (χ2n) is 7.15. The van der Waals surface area contributed by atoms with Gasteiger partial charge in [-0.05, 0) is 31.2 Å². The minimum Gasteiger partial charge on any atom is -0.486 e. The number of aromatic nitrogens is 1. The number of ether oxygens (including phenoxy) is 2. The van der Waals surface area contributed by atoms with E-state index in [1.807, 2.05) is 11.8 Å². The first kappa shape index (κ1) is 20.6. The lowest BCUT2D eigenvalue weighted by Crippen LogP contribution is -2.53. The molecule has 1 saturated heterocycles. The molecule has 1 unspecified atom stereocenters. The minimum absolute atomic E-state index is 0.157. The number of rotatable bonds is 5. The van der Waals surface area contributed by atoms with Crippen molar-refractivity contribution in [3.05, 3.63) is 42.7 Å². The van der Waals surface area contributed by atoms with E-state index in [9.17, 15) is 13.2 Å². The fourth-order valence-corrected chi connectivity index (χ4v) is 4.90. The van der Waals surface area contributed by atoms with E-state index in [-0.39, 0.29) is 10.8 Å². The van der Waals surface area contributed by atoms with Gasteiger partial charge in [-0.3, -0.25) is 14.7 Å². The summed E-state index contributed by atoms with van der Waals surface area (Å²) in [5.41, 5.74) is 0.633. The Labute approximate surface area is 175 Å². The highest BCUT2D eigenvalue weighted by Crippen LogP contribution is 2.32. The third-order valence-electron chi connectivity index (χ3n) is 5.28. The van der Waals surface area contributed by atoms with Gasteiger partial charge in [0.2, 0.25) is 15.9 Å². The molecule has 2 aliphatic heterocycles. The van der Waals surface area contributed by atoms with Gasteiger partial charge in [0.15, 0.2) is 11.5 Å². The van der Waals surface area contributed by atoms with Crippen LogP contribution in [0.1, 0.15) is 6.92 Å². The summed E-state index contributed by atoms with van der Waals surface area (Å²) in [7, 11) is -3.57. The molecule has 160 valence electrons. The number of nitrogens with one attached hydrogen (secondary N) is 1. The normalized spacial score (nSPS) is 18.6. The highest BCUT2D eigenvalue weighted by Gasteiger charge is 2.32. The molecular formula is C20H24N4O5S. The van der Waals surface area contributed by atoms with Crippen LogP contribution in [0.15, 0.2) is 47.6 Å². The van der Waals surface area contributed by atoms with E-state index in [0.717, 1.165) is 0 Å². The van der Waals surface area contributed by atoms with Gasteiger partial charge in [0.1, 0.15) is 18.1 Å². The van der Waals surface area contributed by atoms with Gasteiger partial charge >= 0.3 is 0 Å². The largest absolute Gasteiger partial charge is 0.486 e. The number of benzene rings is 1. The van der Waals surface area contributed by atoms with Gasteiger partial charge in [-0.2, -0.15) is 4.31 Å². The van der Waals surface area contributed by atoms with Crippen LogP contribution in [0.3, 0.4) is 0 Å². The maximum absolute atomic E-state index is 12.7. The lowest BCUT2D eigenvalue weighted by Gasteiger charge is -2.36. The fraction of sp³-hybridized carbons (Fsp3) is 0.400. The zero-order valence-corrected chi connectivity index (χ0v) is 17.5. The van der Waals surface area contributed by atoms with Crippen LogP contribution in [-0.4, -0.2) is 73.9 Å². The molecule has 0 radical (unpaired) electrons. The summed E-state index contributed by atoms with van der Waals surface area (Å²) >= 11 is 0. The number of piperazine rings is 1. The molecule has 3 heterocycles. The Bertz CT molecular complexity index is 1010. The van der Waals surface area contributed by atoms with Crippen LogP contribution in [-0.2, 0) is 14.8 Å². The Morgan fingerprint density at radius 1 is 1.10 bits per heavy atom. The second-order valence-corrected chi connectivity index (χ2v) is 9.09. The summed E-state index contributed by atoms with van der Waals surface area (Å²) in [6.45, 7) is 4.38. The monoisotopic (exact) mass is 432 g/mol. The fourth-order valence-electron chi connectivity index (χ4n) is 3.51. The topological polar surface area (TPSA) is 101 Å². The molecule has 30 heavy (non-hydrogen) atoms. The van der Waals surface area contributed by atoms with Crippen LogP contribution in [0, 0.1) is 0 Å². The highest BCUT2D eigenvalue weighted by atomic mass is 32.2. The summed E-state index contributed by atoms with van der Waals surface area (Å²) in [5, 5.41) is 2.90. The van der Waals surface area contributed by atoms with Gasteiger partial charge in [-0.25, -0.2) is 8.42 Å². The Morgan fingerprint density at radius 2 is 1.83 bits per heavy atom. The standard InChI is InChI=1S/C20H24N4O5S/c1-15(20(25)22-16-4-5-18-19(13-16)29-12-11-28-18)23-7-9-24(10-8-23)30(26,27)17-3-2-6-21-14-17/h2-6,13-15H,7-12H2,1H3,(H,22,25). The molecule has 0 spiro atoms. The van der Waals surface area contributed by atoms with Crippen molar-refractivity contribution >= 4 is 21.6 Å². The number of carbonyl (C=O) groups excluding carboxylic acids is 1. The first-order chi connectivity index (χ1) is 14.4. The number of hydrogen-bond acceptors (Lipinski definition) is 7.